The van der Waals surface area contributed by atoms with Crippen molar-refractivity contribution in [1.29, 1.82) is 0 Å². The van der Waals surface area contributed by atoms with E-state index >= 15 is 0 Å². The van der Waals surface area contributed by atoms with Crippen molar-refractivity contribution < 1.29 is 9.90 Å². The average molecular weight is 273 g/mol. The molecule has 2 N–H and O–H groups in total. The Bertz CT molecular complexity index is 552. The van der Waals surface area contributed by atoms with Crippen LogP contribution in [0.1, 0.15) is 23.7 Å². The number of nitrogens with one attached hydrogen (secondary N) is 1. The molecule has 0 saturated heterocycles. The van der Waals surface area contributed by atoms with Crippen LogP contribution < -0.4 is 5.32 Å². The number of hydrogen-bond donors (Lipinski definition) is 2. The normalized spacial score (nSPS) is 12.1. The van der Waals surface area contributed by atoms with Gasteiger partial charge in [0.2, 0.25) is 0 Å². The molecule has 0 fully saturated rings. The molecule has 1 aromatic heterocycles. The van der Waals surface area contributed by atoms with E-state index < -0.39 is 0 Å². The minimum atomic E-state index is -0.124. The highest BCUT2D eigenvalue weighted by molar-refractivity contribution is 5.97. The molecule has 1 atom stereocenters. The van der Waals surface area contributed by atoms with Crippen LogP contribution in [0.3, 0.4) is 0 Å². The van der Waals surface area contributed by atoms with Gasteiger partial charge in [0.1, 0.15) is 0 Å². The Morgan fingerprint density at radius 2 is 2.20 bits per heavy atom. The Morgan fingerprint density at radius 1 is 1.40 bits per heavy atom. The van der Waals surface area contributed by atoms with E-state index in [0.717, 1.165) is 5.69 Å². The van der Waals surface area contributed by atoms with Gasteiger partial charge in [-0.2, -0.15) is 5.10 Å². The summed E-state index contributed by atoms with van der Waals surface area (Å²) >= 11 is 0. The SMILES string of the molecule is CC(CCO)CNC(=O)c1ccccc1-n1cccn1. The molecule has 0 saturated carbocycles. The van der Waals surface area contributed by atoms with Crippen molar-refractivity contribution in [1.82, 2.24) is 15.1 Å². The number of carbonyl (C=O) groups is 1. The Morgan fingerprint density at radius 3 is 2.90 bits per heavy atom. The lowest BCUT2D eigenvalue weighted by Crippen LogP contribution is -2.29. The fraction of sp³-hybridized carbons (Fsp3) is 0.333. The summed E-state index contributed by atoms with van der Waals surface area (Å²) in [6, 6.07) is 9.17. The zero-order valence-corrected chi connectivity index (χ0v) is 11.5. The van der Waals surface area contributed by atoms with Crippen molar-refractivity contribution in [2.24, 2.45) is 5.92 Å². The summed E-state index contributed by atoms with van der Waals surface area (Å²) in [7, 11) is 0. The molecule has 0 spiro atoms. The van der Waals surface area contributed by atoms with Gasteiger partial charge in [-0.3, -0.25) is 4.79 Å². The number of amides is 1. The van der Waals surface area contributed by atoms with Gasteiger partial charge in [-0.25, -0.2) is 4.68 Å². The smallest absolute Gasteiger partial charge is 0.253 e. The van der Waals surface area contributed by atoms with E-state index in [1.165, 1.54) is 0 Å². The molecule has 5 nitrogen and oxygen atoms in total. The second kappa shape index (κ2) is 6.86. The number of carbonyl (C=O) groups excluding carboxylic acids is 1. The molecule has 0 aliphatic heterocycles. The van der Waals surface area contributed by atoms with E-state index in [2.05, 4.69) is 10.4 Å². The van der Waals surface area contributed by atoms with Gasteiger partial charge >= 0.3 is 0 Å². The molecule has 1 aromatic carbocycles. The van der Waals surface area contributed by atoms with E-state index in [1.54, 1.807) is 23.1 Å². The maximum Gasteiger partial charge on any atom is 0.253 e. The maximum atomic E-state index is 12.3. The lowest BCUT2D eigenvalue weighted by molar-refractivity contribution is 0.0945. The molecule has 106 valence electrons. The van der Waals surface area contributed by atoms with Crippen LogP contribution >= 0.6 is 0 Å². The molecular formula is C15H19N3O2. The predicted octanol–water partition coefficient (Wildman–Crippen LogP) is 1.62. The van der Waals surface area contributed by atoms with Gasteiger partial charge in [0, 0.05) is 25.5 Å². The summed E-state index contributed by atoms with van der Waals surface area (Å²) < 4.78 is 1.67. The number of aliphatic hydroxyl groups is 1. The highest BCUT2D eigenvalue weighted by atomic mass is 16.3. The van der Waals surface area contributed by atoms with E-state index in [1.807, 2.05) is 31.2 Å². The van der Waals surface area contributed by atoms with E-state index in [4.69, 9.17) is 5.11 Å². The first-order valence-electron chi connectivity index (χ1n) is 6.70. The van der Waals surface area contributed by atoms with Crippen molar-refractivity contribution in [3.8, 4) is 5.69 Å². The van der Waals surface area contributed by atoms with Gasteiger partial charge in [0.05, 0.1) is 11.3 Å². The molecule has 20 heavy (non-hydrogen) atoms. The zero-order valence-electron chi connectivity index (χ0n) is 11.5. The number of aliphatic hydroxyl groups excluding tert-OH is 1. The summed E-state index contributed by atoms with van der Waals surface area (Å²) in [5.41, 5.74) is 1.34. The highest BCUT2D eigenvalue weighted by Gasteiger charge is 2.13. The molecule has 0 bridgehead atoms. The molecule has 5 heteroatoms. The Labute approximate surface area is 118 Å². The fourth-order valence-electron chi connectivity index (χ4n) is 1.96. The van der Waals surface area contributed by atoms with Crippen LogP contribution in [0.15, 0.2) is 42.7 Å². The Balaban J connectivity index is 2.11. The number of aromatic nitrogens is 2. The van der Waals surface area contributed by atoms with Gasteiger partial charge in [0.25, 0.3) is 5.91 Å². The highest BCUT2D eigenvalue weighted by Crippen LogP contribution is 2.13. The van der Waals surface area contributed by atoms with E-state index in [0.29, 0.717) is 18.5 Å². The lowest BCUT2D eigenvalue weighted by Gasteiger charge is -2.13. The topological polar surface area (TPSA) is 67.2 Å². The third-order valence-corrected chi connectivity index (χ3v) is 3.13. The summed E-state index contributed by atoms with van der Waals surface area (Å²) in [5.74, 6) is 0.127. The third-order valence-electron chi connectivity index (χ3n) is 3.13. The average Bonchev–Trinajstić information content (AvgIpc) is 2.99. The van der Waals surface area contributed by atoms with Crippen molar-refractivity contribution in [2.45, 2.75) is 13.3 Å². The number of para-hydroxylation sites is 1. The van der Waals surface area contributed by atoms with Crippen LogP contribution in [0.5, 0.6) is 0 Å². The first kappa shape index (κ1) is 14.3. The molecule has 1 amide bonds. The number of hydrogen-bond acceptors (Lipinski definition) is 3. The number of benzene rings is 1. The van der Waals surface area contributed by atoms with Crippen molar-refractivity contribution in [3.05, 3.63) is 48.3 Å². The molecule has 2 rings (SSSR count). The van der Waals surface area contributed by atoms with Crippen LogP contribution in [0.25, 0.3) is 5.69 Å². The van der Waals surface area contributed by atoms with Crippen LogP contribution in [-0.4, -0.2) is 33.9 Å². The van der Waals surface area contributed by atoms with Crippen molar-refractivity contribution >= 4 is 5.91 Å². The first-order valence-corrected chi connectivity index (χ1v) is 6.70. The maximum absolute atomic E-state index is 12.3. The minimum absolute atomic E-state index is 0.124. The first-order chi connectivity index (χ1) is 9.72. The quantitative estimate of drug-likeness (QED) is 0.840. The van der Waals surface area contributed by atoms with Gasteiger partial charge in [-0.05, 0) is 30.5 Å². The largest absolute Gasteiger partial charge is 0.396 e. The molecule has 1 heterocycles. The zero-order chi connectivity index (χ0) is 14.4. The third kappa shape index (κ3) is 3.45. The van der Waals surface area contributed by atoms with Crippen LogP contribution in [0.2, 0.25) is 0 Å². The van der Waals surface area contributed by atoms with Gasteiger partial charge in [-0.1, -0.05) is 19.1 Å². The van der Waals surface area contributed by atoms with Crippen LogP contribution in [0, 0.1) is 5.92 Å². The number of nitrogens with zero attached hydrogens (tertiary/aromatic N) is 2. The summed E-state index contributed by atoms with van der Waals surface area (Å²) in [6.07, 6.45) is 4.17. The summed E-state index contributed by atoms with van der Waals surface area (Å²) in [5, 5.41) is 15.9. The standard InChI is InChI=1S/C15H19N3O2/c1-12(7-10-19)11-16-15(20)13-5-2-3-6-14(13)18-9-4-8-17-18/h2-6,8-9,12,19H,7,10-11H2,1H3,(H,16,20). The van der Waals surface area contributed by atoms with Crippen molar-refractivity contribution in [3.63, 3.8) is 0 Å². The monoisotopic (exact) mass is 273 g/mol. The molecule has 2 aromatic rings. The molecule has 1 unspecified atom stereocenters. The fourth-order valence-corrected chi connectivity index (χ4v) is 1.96. The van der Waals surface area contributed by atoms with E-state index in [-0.39, 0.29) is 18.4 Å². The van der Waals surface area contributed by atoms with E-state index in [9.17, 15) is 4.79 Å². The lowest BCUT2D eigenvalue weighted by atomic mass is 10.1. The van der Waals surface area contributed by atoms with Gasteiger partial charge in [-0.15, -0.1) is 0 Å². The van der Waals surface area contributed by atoms with Gasteiger partial charge in [0.15, 0.2) is 0 Å². The second-order valence-electron chi connectivity index (χ2n) is 4.80. The minimum Gasteiger partial charge on any atom is -0.396 e. The molecule has 0 aliphatic carbocycles. The Kier molecular flexibility index (Phi) is 4.90. The summed E-state index contributed by atoms with van der Waals surface area (Å²) in [6.45, 7) is 2.68. The summed E-state index contributed by atoms with van der Waals surface area (Å²) in [4.78, 5) is 12.3. The van der Waals surface area contributed by atoms with Crippen molar-refractivity contribution in [2.75, 3.05) is 13.2 Å². The van der Waals surface area contributed by atoms with Gasteiger partial charge < -0.3 is 10.4 Å². The Hall–Kier alpha value is -2.14. The van der Waals surface area contributed by atoms with Crippen LogP contribution in [0.4, 0.5) is 0 Å². The molecular weight excluding hydrogens is 254 g/mol. The predicted molar refractivity (Wildman–Crippen MR) is 76.8 cm³/mol. The molecule has 0 radical (unpaired) electrons. The second-order valence-corrected chi connectivity index (χ2v) is 4.80. The van der Waals surface area contributed by atoms with Crippen LogP contribution in [-0.2, 0) is 0 Å². The molecule has 0 aliphatic rings. The number of rotatable bonds is 6.